The van der Waals surface area contributed by atoms with Gasteiger partial charge in [0.25, 0.3) is 10.0 Å². The lowest BCUT2D eigenvalue weighted by atomic mass is 9.94. The second-order valence-electron chi connectivity index (χ2n) is 7.03. The number of carbonyl (C=O) groups excluding carboxylic acids is 1. The Labute approximate surface area is 158 Å². The van der Waals surface area contributed by atoms with E-state index >= 15 is 0 Å². The Morgan fingerprint density at radius 3 is 2.67 bits per heavy atom. The van der Waals surface area contributed by atoms with Crippen LogP contribution in [-0.2, 0) is 22.9 Å². The van der Waals surface area contributed by atoms with Crippen molar-refractivity contribution in [1.82, 2.24) is 4.98 Å². The van der Waals surface area contributed by atoms with Gasteiger partial charge in [-0.3, -0.25) is 9.52 Å². The molecule has 0 fully saturated rings. The van der Waals surface area contributed by atoms with Gasteiger partial charge in [0.2, 0.25) is 0 Å². The summed E-state index contributed by atoms with van der Waals surface area (Å²) in [6, 6.07) is 10.8. The number of hydrogen-bond acceptors (Lipinski definition) is 3. The summed E-state index contributed by atoms with van der Waals surface area (Å²) >= 11 is 0. The number of benzene rings is 2. The summed E-state index contributed by atoms with van der Waals surface area (Å²) in [5.74, 6) is 0.137. The lowest BCUT2D eigenvalue weighted by Gasteiger charge is -2.14. The molecule has 0 radical (unpaired) electrons. The van der Waals surface area contributed by atoms with Crippen LogP contribution in [0.3, 0.4) is 0 Å². The van der Waals surface area contributed by atoms with Crippen LogP contribution in [0.4, 0.5) is 5.69 Å². The van der Waals surface area contributed by atoms with Gasteiger partial charge in [0, 0.05) is 28.6 Å². The number of aromatic nitrogens is 1. The summed E-state index contributed by atoms with van der Waals surface area (Å²) in [5.41, 5.74) is 4.51. The minimum atomic E-state index is -3.74. The average molecular weight is 382 g/mol. The molecule has 0 unspecified atom stereocenters. The van der Waals surface area contributed by atoms with Gasteiger partial charge in [-0.05, 0) is 55.5 Å². The van der Waals surface area contributed by atoms with E-state index in [1.807, 2.05) is 32.0 Å². The van der Waals surface area contributed by atoms with Gasteiger partial charge in [0.1, 0.15) is 0 Å². The highest BCUT2D eigenvalue weighted by Gasteiger charge is 2.26. The van der Waals surface area contributed by atoms with Crippen LogP contribution >= 0.6 is 0 Å². The average Bonchev–Trinajstić information content (AvgIpc) is 3.01. The molecule has 1 heterocycles. The molecule has 3 aromatic rings. The van der Waals surface area contributed by atoms with E-state index in [1.54, 1.807) is 18.2 Å². The highest BCUT2D eigenvalue weighted by atomic mass is 32.2. The SMILES string of the molecule is CCc1cc2c3c([nH]c2cc1S(=O)(=O)Nc1ccccc1C)CCCC3=O. The Hall–Kier alpha value is -2.60. The van der Waals surface area contributed by atoms with Gasteiger partial charge in [-0.15, -0.1) is 0 Å². The topological polar surface area (TPSA) is 79.0 Å². The van der Waals surface area contributed by atoms with Crippen LogP contribution in [0.5, 0.6) is 0 Å². The summed E-state index contributed by atoms with van der Waals surface area (Å²) in [4.78, 5) is 15.9. The van der Waals surface area contributed by atoms with Crippen LogP contribution in [-0.4, -0.2) is 19.2 Å². The van der Waals surface area contributed by atoms with E-state index < -0.39 is 10.0 Å². The molecule has 0 saturated heterocycles. The fourth-order valence-electron chi connectivity index (χ4n) is 3.79. The van der Waals surface area contributed by atoms with Crippen LogP contribution in [0.25, 0.3) is 10.9 Å². The number of anilines is 1. The van der Waals surface area contributed by atoms with Crippen molar-refractivity contribution in [2.24, 2.45) is 0 Å². The number of fused-ring (bicyclic) bond motifs is 3. The monoisotopic (exact) mass is 382 g/mol. The second kappa shape index (κ2) is 6.53. The van der Waals surface area contributed by atoms with Gasteiger partial charge in [0.05, 0.1) is 10.6 Å². The molecule has 0 amide bonds. The van der Waals surface area contributed by atoms with Gasteiger partial charge >= 0.3 is 0 Å². The predicted molar refractivity (Wildman–Crippen MR) is 107 cm³/mol. The third-order valence-electron chi connectivity index (χ3n) is 5.23. The molecule has 1 aromatic heterocycles. The fourth-order valence-corrected chi connectivity index (χ4v) is 5.24. The molecule has 4 rings (SSSR count). The highest BCUT2D eigenvalue weighted by molar-refractivity contribution is 7.92. The van der Waals surface area contributed by atoms with Gasteiger partial charge in [-0.1, -0.05) is 25.1 Å². The van der Waals surface area contributed by atoms with E-state index in [1.165, 1.54) is 0 Å². The van der Waals surface area contributed by atoms with Crippen molar-refractivity contribution in [3.8, 4) is 0 Å². The van der Waals surface area contributed by atoms with E-state index in [0.29, 0.717) is 29.6 Å². The molecular formula is C21H22N2O3S. The zero-order chi connectivity index (χ0) is 19.2. The van der Waals surface area contributed by atoms with Crippen molar-refractivity contribution in [3.05, 3.63) is 58.8 Å². The van der Waals surface area contributed by atoms with Gasteiger partial charge in [0.15, 0.2) is 5.78 Å². The molecule has 27 heavy (non-hydrogen) atoms. The summed E-state index contributed by atoms with van der Waals surface area (Å²) in [7, 11) is -3.74. The first kappa shape index (κ1) is 17.8. The van der Waals surface area contributed by atoms with Crippen LogP contribution in [0.15, 0.2) is 41.3 Å². The van der Waals surface area contributed by atoms with E-state index in [0.717, 1.165) is 35.0 Å². The fraction of sp³-hybridized carbons (Fsp3) is 0.286. The molecule has 2 N–H and O–H groups in total. The Bertz CT molecular complexity index is 1160. The van der Waals surface area contributed by atoms with Gasteiger partial charge in [-0.2, -0.15) is 0 Å². The number of H-pyrrole nitrogens is 1. The van der Waals surface area contributed by atoms with Crippen molar-refractivity contribution in [2.75, 3.05) is 4.72 Å². The van der Waals surface area contributed by atoms with Crippen molar-refractivity contribution in [2.45, 2.75) is 44.4 Å². The molecule has 1 aliphatic rings. The van der Waals surface area contributed by atoms with E-state index in [2.05, 4.69) is 9.71 Å². The molecule has 0 saturated carbocycles. The van der Waals surface area contributed by atoms with Crippen LogP contribution < -0.4 is 4.72 Å². The van der Waals surface area contributed by atoms with E-state index in [4.69, 9.17) is 0 Å². The minimum absolute atomic E-state index is 0.137. The third kappa shape index (κ3) is 3.04. The molecule has 5 nitrogen and oxygen atoms in total. The number of sulfonamides is 1. The Morgan fingerprint density at radius 1 is 1.15 bits per heavy atom. The maximum absolute atomic E-state index is 13.1. The summed E-state index contributed by atoms with van der Waals surface area (Å²) in [5, 5.41) is 0.835. The molecule has 2 aromatic carbocycles. The number of aryl methyl sites for hydroxylation is 3. The van der Waals surface area contributed by atoms with Crippen molar-refractivity contribution >= 4 is 32.4 Å². The first-order valence-corrected chi connectivity index (χ1v) is 10.7. The maximum Gasteiger partial charge on any atom is 0.262 e. The van der Waals surface area contributed by atoms with E-state index in [-0.39, 0.29) is 10.7 Å². The maximum atomic E-state index is 13.1. The molecule has 1 aliphatic carbocycles. The number of rotatable bonds is 4. The van der Waals surface area contributed by atoms with E-state index in [9.17, 15) is 13.2 Å². The zero-order valence-electron chi connectivity index (χ0n) is 15.4. The first-order valence-electron chi connectivity index (χ1n) is 9.20. The zero-order valence-corrected chi connectivity index (χ0v) is 16.2. The smallest absolute Gasteiger partial charge is 0.262 e. The number of hydrogen-bond donors (Lipinski definition) is 2. The second-order valence-corrected chi connectivity index (χ2v) is 8.69. The van der Waals surface area contributed by atoms with Crippen LogP contribution in [0, 0.1) is 6.92 Å². The molecular weight excluding hydrogens is 360 g/mol. The number of carbonyl (C=O) groups is 1. The number of aromatic amines is 1. The third-order valence-corrected chi connectivity index (χ3v) is 6.67. The van der Waals surface area contributed by atoms with Crippen LogP contribution in [0.1, 0.15) is 46.9 Å². The normalized spacial score (nSPS) is 14.4. The Balaban J connectivity index is 1.86. The van der Waals surface area contributed by atoms with Crippen molar-refractivity contribution in [3.63, 3.8) is 0 Å². The number of ketones is 1. The number of nitrogens with one attached hydrogen (secondary N) is 2. The Morgan fingerprint density at radius 2 is 1.93 bits per heavy atom. The predicted octanol–water partition coefficient (Wildman–Crippen LogP) is 4.36. The van der Waals surface area contributed by atoms with Gasteiger partial charge in [-0.25, -0.2) is 8.42 Å². The summed E-state index contributed by atoms with van der Waals surface area (Å²) in [6.45, 7) is 3.79. The molecule has 0 atom stereocenters. The van der Waals surface area contributed by atoms with Gasteiger partial charge < -0.3 is 4.98 Å². The molecule has 6 heteroatoms. The summed E-state index contributed by atoms with van der Waals surface area (Å²) < 4.78 is 28.9. The molecule has 0 aliphatic heterocycles. The standard InChI is InChI=1S/C21H22N2O3S/c1-3-14-11-15-18(22-17-9-6-10-19(24)21(15)17)12-20(14)27(25,26)23-16-8-5-4-7-13(16)2/h4-5,7-8,11-12,22-23H,3,6,9-10H2,1-2H3. The van der Waals surface area contributed by atoms with Crippen molar-refractivity contribution in [1.29, 1.82) is 0 Å². The first-order chi connectivity index (χ1) is 12.9. The lowest BCUT2D eigenvalue weighted by molar-refractivity contribution is 0.0974. The quantitative estimate of drug-likeness (QED) is 0.704. The molecule has 0 spiro atoms. The number of para-hydroxylation sites is 1. The largest absolute Gasteiger partial charge is 0.358 e. The molecule has 0 bridgehead atoms. The molecule has 140 valence electrons. The lowest BCUT2D eigenvalue weighted by Crippen LogP contribution is -2.15. The highest BCUT2D eigenvalue weighted by Crippen LogP contribution is 2.33. The minimum Gasteiger partial charge on any atom is -0.358 e. The summed E-state index contributed by atoms with van der Waals surface area (Å²) in [6.07, 6.45) is 2.77. The van der Waals surface area contributed by atoms with Crippen molar-refractivity contribution < 1.29 is 13.2 Å². The van der Waals surface area contributed by atoms with Crippen LogP contribution in [0.2, 0.25) is 0 Å². The number of Topliss-reactive ketones (excluding diaryl/α,β-unsaturated/α-hetero) is 1. The Kier molecular flexibility index (Phi) is 4.30.